The van der Waals surface area contributed by atoms with E-state index in [9.17, 15) is 4.39 Å². The molecule has 0 amide bonds. The maximum absolute atomic E-state index is 13.4. The second kappa shape index (κ2) is 4.56. The van der Waals surface area contributed by atoms with E-state index in [0.717, 1.165) is 24.3 Å². The zero-order valence-electron chi connectivity index (χ0n) is 9.04. The van der Waals surface area contributed by atoms with Gasteiger partial charge in [0.2, 0.25) is 5.95 Å². The molecule has 0 bridgehead atoms. The molecule has 0 saturated heterocycles. The summed E-state index contributed by atoms with van der Waals surface area (Å²) in [6.45, 7) is 2.22. The Kier molecular flexibility index (Phi) is 3.14. The van der Waals surface area contributed by atoms with E-state index >= 15 is 0 Å². The molecule has 1 unspecified atom stereocenters. The molecule has 1 aromatic rings. The highest BCUT2D eigenvalue weighted by molar-refractivity contribution is 5.65. The average molecular weight is 205 g/mol. The summed E-state index contributed by atoms with van der Waals surface area (Å²) in [6.07, 6.45) is 8.14. The third-order valence-corrected chi connectivity index (χ3v) is 3.20. The fourth-order valence-electron chi connectivity index (χ4n) is 2.13. The second-order valence-corrected chi connectivity index (χ2v) is 4.12. The molecule has 1 aliphatic rings. The molecule has 2 heteroatoms. The predicted molar refractivity (Wildman–Crippen MR) is 59.8 cm³/mol. The van der Waals surface area contributed by atoms with Crippen LogP contribution in [0.25, 0.3) is 5.57 Å². The molecule has 1 nitrogen and oxygen atoms in total. The molecular weight excluding hydrogens is 189 g/mol. The van der Waals surface area contributed by atoms with Crippen LogP contribution in [0.1, 0.15) is 38.2 Å². The smallest absolute Gasteiger partial charge is 0.220 e. The first-order valence-corrected chi connectivity index (χ1v) is 5.61. The van der Waals surface area contributed by atoms with Crippen molar-refractivity contribution in [3.05, 3.63) is 35.9 Å². The number of hydrogen-bond donors (Lipinski definition) is 0. The van der Waals surface area contributed by atoms with Crippen LogP contribution >= 0.6 is 0 Å². The van der Waals surface area contributed by atoms with Crippen LogP contribution in [0.2, 0.25) is 0 Å². The largest absolute Gasteiger partial charge is 0.228 e. The van der Waals surface area contributed by atoms with Crippen molar-refractivity contribution in [2.75, 3.05) is 0 Å². The highest BCUT2D eigenvalue weighted by Gasteiger charge is 2.15. The van der Waals surface area contributed by atoms with Crippen molar-refractivity contribution >= 4 is 5.57 Å². The predicted octanol–water partition coefficient (Wildman–Crippen LogP) is 3.81. The topological polar surface area (TPSA) is 12.9 Å². The van der Waals surface area contributed by atoms with Crippen molar-refractivity contribution in [2.24, 2.45) is 5.92 Å². The van der Waals surface area contributed by atoms with Crippen molar-refractivity contribution in [1.82, 2.24) is 4.98 Å². The summed E-state index contributed by atoms with van der Waals surface area (Å²) in [5.74, 6) is 0.451. The SMILES string of the molecule is CCC1CC=C(c2cccnc2F)CC1. The standard InChI is InChI=1S/C13H16FN/c1-2-10-5-7-11(8-6-10)12-4-3-9-15-13(12)14/h3-4,7,9-10H,2,5-6,8H2,1H3. The number of pyridine rings is 1. The molecule has 0 aliphatic heterocycles. The molecule has 15 heavy (non-hydrogen) atoms. The van der Waals surface area contributed by atoms with E-state index in [4.69, 9.17) is 0 Å². The van der Waals surface area contributed by atoms with Gasteiger partial charge < -0.3 is 0 Å². The number of nitrogens with zero attached hydrogens (tertiary/aromatic N) is 1. The quantitative estimate of drug-likeness (QED) is 0.669. The third kappa shape index (κ3) is 2.25. The third-order valence-electron chi connectivity index (χ3n) is 3.20. The minimum absolute atomic E-state index is 0.335. The van der Waals surface area contributed by atoms with Gasteiger partial charge >= 0.3 is 0 Å². The van der Waals surface area contributed by atoms with Crippen LogP contribution in [0.15, 0.2) is 24.4 Å². The number of allylic oxidation sites excluding steroid dienone is 2. The maximum Gasteiger partial charge on any atom is 0.220 e. The van der Waals surface area contributed by atoms with E-state index in [1.807, 2.05) is 6.07 Å². The highest BCUT2D eigenvalue weighted by Crippen LogP contribution is 2.31. The molecule has 1 heterocycles. The van der Waals surface area contributed by atoms with Crippen molar-refractivity contribution in [2.45, 2.75) is 32.6 Å². The summed E-state index contributed by atoms with van der Waals surface area (Å²) in [6, 6.07) is 3.62. The lowest BCUT2D eigenvalue weighted by atomic mass is 9.86. The minimum Gasteiger partial charge on any atom is -0.228 e. The van der Waals surface area contributed by atoms with Gasteiger partial charge in [-0.2, -0.15) is 4.39 Å². The molecule has 1 atom stereocenters. The maximum atomic E-state index is 13.4. The molecule has 1 aliphatic carbocycles. The summed E-state index contributed by atoms with van der Waals surface area (Å²) < 4.78 is 13.4. The van der Waals surface area contributed by atoms with Crippen LogP contribution < -0.4 is 0 Å². The van der Waals surface area contributed by atoms with Crippen LogP contribution in [-0.4, -0.2) is 4.98 Å². The van der Waals surface area contributed by atoms with E-state index in [2.05, 4.69) is 18.0 Å². The zero-order valence-corrected chi connectivity index (χ0v) is 9.04. The lowest BCUT2D eigenvalue weighted by Crippen LogP contribution is -2.05. The van der Waals surface area contributed by atoms with Gasteiger partial charge in [-0.25, -0.2) is 4.98 Å². The van der Waals surface area contributed by atoms with Gasteiger partial charge in [0.05, 0.1) is 0 Å². The van der Waals surface area contributed by atoms with Crippen molar-refractivity contribution in [1.29, 1.82) is 0 Å². The van der Waals surface area contributed by atoms with Gasteiger partial charge in [0.15, 0.2) is 0 Å². The Labute approximate surface area is 90.0 Å². The zero-order chi connectivity index (χ0) is 10.7. The van der Waals surface area contributed by atoms with Crippen LogP contribution in [-0.2, 0) is 0 Å². The molecule has 0 fully saturated rings. The fourth-order valence-corrected chi connectivity index (χ4v) is 2.13. The molecule has 0 saturated carbocycles. The summed E-state index contributed by atoms with van der Waals surface area (Å²) in [7, 11) is 0. The Hall–Kier alpha value is -1.18. The Balaban J connectivity index is 2.19. The molecule has 80 valence electrons. The normalized spacial score (nSPS) is 21.2. The minimum atomic E-state index is -0.335. The van der Waals surface area contributed by atoms with Crippen molar-refractivity contribution < 1.29 is 4.39 Å². The molecule has 0 aromatic carbocycles. The fraction of sp³-hybridized carbons (Fsp3) is 0.462. The van der Waals surface area contributed by atoms with E-state index in [0.29, 0.717) is 5.56 Å². The Morgan fingerprint density at radius 1 is 1.53 bits per heavy atom. The van der Waals surface area contributed by atoms with Gasteiger partial charge in [-0.1, -0.05) is 19.4 Å². The number of halogens is 1. The van der Waals surface area contributed by atoms with E-state index < -0.39 is 0 Å². The molecule has 0 radical (unpaired) electrons. The Morgan fingerprint density at radius 3 is 3.00 bits per heavy atom. The number of aromatic nitrogens is 1. The van der Waals surface area contributed by atoms with E-state index in [1.165, 1.54) is 19.0 Å². The highest BCUT2D eigenvalue weighted by atomic mass is 19.1. The van der Waals surface area contributed by atoms with Gasteiger partial charge in [0, 0.05) is 11.8 Å². The number of hydrogen-bond acceptors (Lipinski definition) is 1. The van der Waals surface area contributed by atoms with Gasteiger partial charge in [0.1, 0.15) is 0 Å². The van der Waals surface area contributed by atoms with Crippen LogP contribution in [0, 0.1) is 11.9 Å². The van der Waals surface area contributed by atoms with Crippen molar-refractivity contribution in [3.63, 3.8) is 0 Å². The Morgan fingerprint density at radius 2 is 2.40 bits per heavy atom. The molecule has 2 rings (SSSR count). The summed E-state index contributed by atoms with van der Waals surface area (Å²) >= 11 is 0. The lowest BCUT2D eigenvalue weighted by molar-refractivity contribution is 0.469. The average Bonchev–Trinajstić information content (AvgIpc) is 2.30. The first-order valence-electron chi connectivity index (χ1n) is 5.61. The summed E-state index contributed by atoms with van der Waals surface area (Å²) in [5, 5.41) is 0. The van der Waals surface area contributed by atoms with Crippen molar-refractivity contribution in [3.8, 4) is 0 Å². The van der Waals surface area contributed by atoms with E-state index in [-0.39, 0.29) is 5.95 Å². The molecule has 0 spiro atoms. The molecule has 0 N–H and O–H groups in total. The lowest BCUT2D eigenvalue weighted by Gasteiger charge is -2.20. The van der Waals surface area contributed by atoms with Crippen LogP contribution in [0.4, 0.5) is 4.39 Å². The summed E-state index contributed by atoms with van der Waals surface area (Å²) in [5.41, 5.74) is 1.82. The van der Waals surface area contributed by atoms with E-state index in [1.54, 1.807) is 6.07 Å². The monoisotopic (exact) mass is 205 g/mol. The Bertz CT molecular complexity index is 371. The summed E-state index contributed by atoms with van der Waals surface area (Å²) in [4.78, 5) is 3.69. The number of rotatable bonds is 2. The molecule has 1 aromatic heterocycles. The van der Waals surface area contributed by atoms with Gasteiger partial charge in [0.25, 0.3) is 0 Å². The van der Waals surface area contributed by atoms with Crippen LogP contribution in [0.3, 0.4) is 0 Å². The van der Waals surface area contributed by atoms with Crippen LogP contribution in [0.5, 0.6) is 0 Å². The first-order chi connectivity index (χ1) is 7.31. The first kappa shape index (κ1) is 10.3. The molecular formula is C13H16FN. The van der Waals surface area contributed by atoms with Gasteiger partial charge in [-0.3, -0.25) is 0 Å². The second-order valence-electron chi connectivity index (χ2n) is 4.12. The van der Waals surface area contributed by atoms with Gasteiger partial charge in [-0.15, -0.1) is 0 Å². The van der Waals surface area contributed by atoms with Gasteiger partial charge in [-0.05, 0) is 42.9 Å².